The molecule has 0 saturated carbocycles. The Kier molecular flexibility index (Phi) is 13.8. The monoisotopic (exact) mass is 487 g/mol. The number of aliphatic hydroxyl groups excluding tert-OH is 1. The van der Waals surface area contributed by atoms with Crippen LogP contribution < -0.4 is 33.2 Å². The van der Waals surface area contributed by atoms with Crippen LogP contribution in [-0.2, 0) is 19.2 Å². The van der Waals surface area contributed by atoms with Gasteiger partial charge >= 0.3 is 5.97 Å². The van der Waals surface area contributed by atoms with Gasteiger partial charge in [0.15, 0.2) is 5.96 Å². The zero-order chi connectivity index (χ0) is 26.6. The summed E-state index contributed by atoms with van der Waals surface area (Å²) >= 11 is 0. The summed E-state index contributed by atoms with van der Waals surface area (Å²) < 4.78 is 0. The van der Waals surface area contributed by atoms with E-state index in [1.807, 2.05) is 6.92 Å². The van der Waals surface area contributed by atoms with Gasteiger partial charge < -0.3 is 43.4 Å². The fourth-order valence-corrected chi connectivity index (χ4v) is 3.02. The molecular weight excluding hydrogens is 446 g/mol. The third-order valence-electron chi connectivity index (χ3n) is 5.39. The van der Waals surface area contributed by atoms with Crippen molar-refractivity contribution in [2.75, 3.05) is 6.54 Å². The van der Waals surface area contributed by atoms with Gasteiger partial charge in [-0.2, -0.15) is 0 Å². The number of carbonyl (C=O) groups excluding carboxylic acids is 3. The van der Waals surface area contributed by atoms with E-state index >= 15 is 0 Å². The SMILES string of the molecule is CCC(C)C(NC(=O)C(NC(=O)C(N)CCCN=C(N)N)C(C)O)C(=O)NC(C(=O)O)C(C)C. The molecular formula is C21H41N7O6. The number of hydrogen-bond acceptors (Lipinski definition) is 7. The predicted molar refractivity (Wildman–Crippen MR) is 127 cm³/mol. The molecule has 0 aromatic rings. The summed E-state index contributed by atoms with van der Waals surface area (Å²) in [6.45, 7) is 8.42. The Morgan fingerprint density at radius 3 is 1.82 bits per heavy atom. The Hall–Kier alpha value is -2.93. The van der Waals surface area contributed by atoms with Gasteiger partial charge in [0.25, 0.3) is 0 Å². The number of guanidine groups is 1. The lowest BCUT2D eigenvalue weighted by Gasteiger charge is -2.29. The molecule has 6 unspecified atom stereocenters. The lowest BCUT2D eigenvalue weighted by molar-refractivity contribution is -0.144. The minimum Gasteiger partial charge on any atom is -0.480 e. The standard InChI is InChI=1S/C21H41N7O6/c1-6-11(4)15(18(31)26-14(10(2)3)20(33)34)27-19(32)16(12(5)29)28-17(30)13(22)8-7-9-25-21(23)24/h10-16,29H,6-9,22H2,1-5H3,(H,26,31)(H,27,32)(H,28,30)(H,33,34)(H4,23,24,25). The first-order chi connectivity index (χ1) is 15.7. The van der Waals surface area contributed by atoms with Gasteiger partial charge in [-0.15, -0.1) is 0 Å². The average Bonchev–Trinajstić information content (AvgIpc) is 2.74. The van der Waals surface area contributed by atoms with Crippen molar-refractivity contribution in [3.05, 3.63) is 0 Å². The molecule has 0 radical (unpaired) electrons. The number of aliphatic imine (C=N–C) groups is 1. The molecule has 11 N–H and O–H groups in total. The van der Waals surface area contributed by atoms with Crippen molar-refractivity contribution in [3.63, 3.8) is 0 Å². The van der Waals surface area contributed by atoms with Crippen LogP contribution in [0.25, 0.3) is 0 Å². The largest absolute Gasteiger partial charge is 0.480 e. The van der Waals surface area contributed by atoms with Crippen LogP contribution in [0, 0.1) is 11.8 Å². The maximum Gasteiger partial charge on any atom is 0.326 e. The van der Waals surface area contributed by atoms with E-state index in [9.17, 15) is 29.4 Å². The Morgan fingerprint density at radius 2 is 1.38 bits per heavy atom. The fourth-order valence-electron chi connectivity index (χ4n) is 3.02. The lowest BCUT2D eigenvalue weighted by Crippen LogP contribution is -2.61. The van der Waals surface area contributed by atoms with Crippen molar-refractivity contribution in [1.82, 2.24) is 16.0 Å². The number of nitrogens with zero attached hydrogens (tertiary/aromatic N) is 1. The van der Waals surface area contributed by atoms with Gasteiger partial charge in [-0.1, -0.05) is 34.1 Å². The molecule has 0 spiro atoms. The number of nitrogens with two attached hydrogens (primary N) is 3. The quantitative estimate of drug-likeness (QED) is 0.0722. The number of aliphatic hydroxyl groups is 1. The molecule has 0 aromatic heterocycles. The molecule has 34 heavy (non-hydrogen) atoms. The van der Waals surface area contributed by atoms with Crippen LogP contribution in [0.4, 0.5) is 0 Å². The van der Waals surface area contributed by atoms with Crippen LogP contribution in [-0.4, -0.2) is 76.7 Å². The van der Waals surface area contributed by atoms with Gasteiger partial charge in [0.2, 0.25) is 17.7 Å². The van der Waals surface area contributed by atoms with Gasteiger partial charge in [0, 0.05) is 6.54 Å². The van der Waals surface area contributed by atoms with Gasteiger partial charge in [0.1, 0.15) is 18.1 Å². The molecule has 0 saturated heterocycles. The van der Waals surface area contributed by atoms with E-state index in [2.05, 4.69) is 20.9 Å². The number of hydrogen-bond donors (Lipinski definition) is 8. The van der Waals surface area contributed by atoms with Crippen molar-refractivity contribution >= 4 is 29.7 Å². The summed E-state index contributed by atoms with van der Waals surface area (Å²) in [6.07, 6.45) is -0.125. The Labute approximate surface area is 200 Å². The zero-order valence-corrected chi connectivity index (χ0v) is 20.6. The second kappa shape index (κ2) is 15.1. The maximum atomic E-state index is 12.9. The Balaban J connectivity index is 5.34. The van der Waals surface area contributed by atoms with Crippen molar-refractivity contribution in [1.29, 1.82) is 0 Å². The van der Waals surface area contributed by atoms with Gasteiger partial charge in [-0.25, -0.2) is 4.79 Å². The van der Waals surface area contributed by atoms with Crippen LogP contribution >= 0.6 is 0 Å². The molecule has 0 rings (SSSR count). The zero-order valence-electron chi connectivity index (χ0n) is 20.6. The van der Waals surface area contributed by atoms with Gasteiger partial charge in [0.05, 0.1) is 12.1 Å². The third-order valence-corrected chi connectivity index (χ3v) is 5.39. The van der Waals surface area contributed by atoms with E-state index in [1.54, 1.807) is 20.8 Å². The highest BCUT2D eigenvalue weighted by molar-refractivity contribution is 5.94. The first kappa shape index (κ1) is 31.1. The van der Waals surface area contributed by atoms with E-state index < -0.39 is 54.0 Å². The minimum atomic E-state index is -1.38. The third kappa shape index (κ3) is 10.8. The molecule has 13 heteroatoms. The number of aliphatic carboxylic acids is 1. The van der Waals surface area contributed by atoms with E-state index in [4.69, 9.17) is 17.2 Å². The van der Waals surface area contributed by atoms with Gasteiger partial charge in [-0.05, 0) is 31.6 Å². The van der Waals surface area contributed by atoms with Crippen molar-refractivity contribution in [2.45, 2.75) is 84.2 Å². The second-order valence-electron chi connectivity index (χ2n) is 8.72. The summed E-state index contributed by atoms with van der Waals surface area (Å²) in [5.41, 5.74) is 16.3. The molecule has 0 aliphatic rings. The van der Waals surface area contributed by atoms with Crippen LogP contribution in [0.5, 0.6) is 0 Å². The highest BCUT2D eigenvalue weighted by atomic mass is 16.4. The number of nitrogens with one attached hydrogen (secondary N) is 3. The number of amides is 3. The first-order valence-electron chi connectivity index (χ1n) is 11.4. The Bertz CT molecular complexity index is 724. The molecule has 0 aliphatic carbocycles. The minimum absolute atomic E-state index is 0.0770. The van der Waals surface area contributed by atoms with Crippen molar-refractivity contribution in [3.8, 4) is 0 Å². The molecule has 3 amide bonds. The van der Waals surface area contributed by atoms with E-state index in [0.29, 0.717) is 12.8 Å². The van der Waals surface area contributed by atoms with E-state index in [0.717, 1.165) is 0 Å². The highest BCUT2D eigenvalue weighted by Gasteiger charge is 2.34. The molecule has 0 bridgehead atoms. The first-order valence-corrected chi connectivity index (χ1v) is 11.4. The van der Waals surface area contributed by atoms with Crippen LogP contribution in [0.1, 0.15) is 53.9 Å². The molecule has 0 aliphatic heterocycles. The molecule has 13 nitrogen and oxygen atoms in total. The number of carbonyl (C=O) groups is 4. The summed E-state index contributed by atoms with van der Waals surface area (Å²) in [4.78, 5) is 53.4. The summed E-state index contributed by atoms with van der Waals surface area (Å²) in [6, 6.07) is -4.57. The number of carboxylic acids is 1. The van der Waals surface area contributed by atoms with E-state index in [-0.39, 0.29) is 30.8 Å². The predicted octanol–water partition coefficient (Wildman–Crippen LogP) is -2.01. The van der Waals surface area contributed by atoms with Crippen molar-refractivity contribution in [2.24, 2.45) is 34.0 Å². The van der Waals surface area contributed by atoms with E-state index in [1.165, 1.54) is 6.92 Å². The molecule has 0 heterocycles. The number of rotatable bonds is 15. The summed E-state index contributed by atoms with van der Waals surface area (Å²) in [5, 5.41) is 26.8. The Morgan fingerprint density at radius 1 is 0.882 bits per heavy atom. The average molecular weight is 488 g/mol. The smallest absolute Gasteiger partial charge is 0.326 e. The normalized spacial score (nSPS) is 16.4. The topological polar surface area (TPSA) is 235 Å². The summed E-state index contributed by atoms with van der Waals surface area (Å²) in [5.74, 6) is -4.14. The number of carboxylic acid groups (broad SMARTS) is 1. The second-order valence-corrected chi connectivity index (χ2v) is 8.72. The lowest BCUT2D eigenvalue weighted by atomic mass is 9.96. The maximum absolute atomic E-state index is 12.9. The molecule has 196 valence electrons. The molecule has 6 atom stereocenters. The summed E-state index contributed by atoms with van der Waals surface area (Å²) in [7, 11) is 0. The molecule has 0 aromatic carbocycles. The van der Waals surface area contributed by atoms with Crippen molar-refractivity contribution < 1.29 is 29.4 Å². The van der Waals surface area contributed by atoms with Gasteiger partial charge in [-0.3, -0.25) is 19.4 Å². The van der Waals surface area contributed by atoms with Crippen LogP contribution in [0.3, 0.4) is 0 Å². The van der Waals surface area contributed by atoms with Crippen LogP contribution in [0.15, 0.2) is 4.99 Å². The highest BCUT2D eigenvalue weighted by Crippen LogP contribution is 2.11. The molecule has 0 fully saturated rings. The fraction of sp³-hybridized carbons (Fsp3) is 0.762. The van der Waals surface area contributed by atoms with Crippen LogP contribution in [0.2, 0.25) is 0 Å².